The van der Waals surface area contributed by atoms with Crippen LogP contribution in [-0.2, 0) is 27.6 Å². The number of ether oxygens (including phenoxy) is 2. The molecule has 31 heavy (non-hydrogen) atoms. The number of benzene rings is 2. The molecule has 0 radical (unpaired) electrons. The van der Waals surface area contributed by atoms with Gasteiger partial charge in [0.15, 0.2) is 26.1 Å². The average molecular weight is 461 g/mol. The van der Waals surface area contributed by atoms with Crippen LogP contribution in [0, 0.1) is 0 Å². The number of amides is 1. The van der Waals surface area contributed by atoms with E-state index in [0.29, 0.717) is 28.4 Å². The third kappa shape index (κ3) is 4.88. The van der Waals surface area contributed by atoms with E-state index < -0.39 is 9.84 Å². The second kappa shape index (κ2) is 9.49. The number of carbonyl (C=O) groups excluding carboxylic acids is 1. The standard InChI is InChI=1S/C22H24N2O5S2/c1-5-11-24-17-13-18(28-3)19(29-4)14-20(17)30-22(24)23-21(25)12-15-7-9-16(10-8-15)31(26,27)6-2/h5,7-10,13-14H,1,6,11-12H2,2-4H3. The van der Waals surface area contributed by atoms with Gasteiger partial charge in [-0.05, 0) is 17.7 Å². The van der Waals surface area contributed by atoms with Crippen molar-refractivity contribution in [2.24, 2.45) is 4.99 Å². The van der Waals surface area contributed by atoms with Crippen molar-refractivity contribution in [3.05, 3.63) is 59.4 Å². The zero-order valence-electron chi connectivity index (χ0n) is 17.6. The van der Waals surface area contributed by atoms with Gasteiger partial charge in [0.05, 0.1) is 41.5 Å². The first-order chi connectivity index (χ1) is 14.8. The van der Waals surface area contributed by atoms with Gasteiger partial charge in [-0.25, -0.2) is 8.42 Å². The summed E-state index contributed by atoms with van der Waals surface area (Å²) in [7, 11) is -0.131. The molecule has 0 saturated heterocycles. The number of aromatic nitrogens is 1. The van der Waals surface area contributed by atoms with Gasteiger partial charge in [-0.3, -0.25) is 4.79 Å². The van der Waals surface area contributed by atoms with Crippen molar-refractivity contribution < 1.29 is 22.7 Å². The molecule has 1 aromatic heterocycles. The molecule has 0 aliphatic rings. The number of fused-ring (bicyclic) bond motifs is 1. The summed E-state index contributed by atoms with van der Waals surface area (Å²) in [6, 6.07) is 10.1. The zero-order chi connectivity index (χ0) is 22.6. The van der Waals surface area contributed by atoms with Crippen molar-refractivity contribution in [2.45, 2.75) is 24.8 Å². The Labute approximate surface area is 185 Å². The van der Waals surface area contributed by atoms with Gasteiger partial charge in [0.1, 0.15) is 0 Å². The summed E-state index contributed by atoms with van der Waals surface area (Å²) in [5.41, 5.74) is 1.56. The molecule has 1 heterocycles. The fourth-order valence-corrected chi connectivity index (χ4v) is 5.04. The molecule has 0 saturated carbocycles. The molecular weight excluding hydrogens is 436 g/mol. The lowest BCUT2D eigenvalue weighted by atomic mass is 10.1. The average Bonchev–Trinajstić information content (AvgIpc) is 3.09. The van der Waals surface area contributed by atoms with Crippen molar-refractivity contribution in [3.63, 3.8) is 0 Å². The zero-order valence-corrected chi connectivity index (χ0v) is 19.3. The van der Waals surface area contributed by atoms with Crippen LogP contribution in [0.4, 0.5) is 0 Å². The largest absolute Gasteiger partial charge is 0.493 e. The van der Waals surface area contributed by atoms with E-state index in [2.05, 4.69) is 11.6 Å². The van der Waals surface area contributed by atoms with Crippen LogP contribution in [0.3, 0.4) is 0 Å². The number of methoxy groups -OCH3 is 2. The highest BCUT2D eigenvalue weighted by Gasteiger charge is 2.14. The molecule has 164 valence electrons. The topological polar surface area (TPSA) is 87.0 Å². The van der Waals surface area contributed by atoms with Crippen molar-refractivity contribution in [1.82, 2.24) is 4.57 Å². The molecule has 0 aliphatic heterocycles. The van der Waals surface area contributed by atoms with E-state index in [1.54, 1.807) is 39.4 Å². The minimum absolute atomic E-state index is 0.0332. The normalized spacial score (nSPS) is 12.2. The van der Waals surface area contributed by atoms with Gasteiger partial charge in [0, 0.05) is 18.7 Å². The van der Waals surface area contributed by atoms with Crippen LogP contribution >= 0.6 is 11.3 Å². The summed E-state index contributed by atoms with van der Waals surface area (Å²) in [6.45, 7) is 5.87. The highest BCUT2D eigenvalue weighted by atomic mass is 32.2. The Balaban J connectivity index is 1.96. The van der Waals surface area contributed by atoms with E-state index in [1.165, 1.54) is 23.5 Å². The number of carbonyl (C=O) groups is 1. The molecule has 0 atom stereocenters. The van der Waals surface area contributed by atoms with E-state index >= 15 is 0 Å². The van der Waals surface area contributed by atoms with Gasteiger partial charge in [0.2, 0.25) is 0 Å². The predicted molar refractivity (Wildman–Crippen MR) is 122 cm³/mol. The Hall–Kier alpha value is -2.91. The number of rotatable bonds is 8. The summed E-state index contributed by atoms with van der Waals surface area (Å²) in [6.07, 6.45) is 1.81. The molecule has 0 spiro atoms. The highest BCUT2D eigenvalue weighted by molar-refractivity contribution is 7.91. The van der Waals surface area contributed by atoms with Gasteiger partial charge < -0.3 is 14.0 Å². The van der Waals surface area contributed by atoms with Crippen molar-refractivity contribution >= 4 is 37.3 Å². The minimum atomic E-state index is -3.27. The van der Waals surface area contributed by atoms with Crippen LogP contribution in [0.2, 0.25) is 0 Å². The van der Waals surface area contributed by atoms with Crippen LogP contribution in [0.15, 0.2) is 58.9 Å². The molecule has 3 aromatic rings. The second-order valence-electron chi connectivity index (χ2n) is 6.69. The smallest absolute Gasteiger partial charge is 0.252 e. The summed E-state index contributed by atoms with van der Waals surface area (Å²) in [5.74, 6) is 0.896. The lowest BCUT2D eigenvalue weighted by Crippen LogP contribution is -2.17. The molecule has 0 N–H and O–H groups in total. The number of sulfone groups is 1. The van der Waals surface area contributed by atoms with Gasteiger partial charge >= 0.3 is 0 Å². The lowest BCUT2D eigenvalue weighted by Gasteiger charge is -2.08. The van der Waals surface area contributed by atoms with E-state index in [0.717, 1.165) is 10.2 Å². The van der Waals surface area contributed by atoms with E-state index in [9.17, 15) is 13.2 Å². The summed E-state index contributed by atoms with van der Waals surface area (Å²) in [4.78, 5) is 17.7. The van der Waals surface area contributed by atoms with Crippen LogP contribution in [-0.4, -0.2) is 38.9 Å². The first-order valence-electron chi connectivity index (χ1n) is 9.58. The molecule has 3 rings (SSSR count). The van der Waals surface area contributed by atoms with Crippen molar-refractivity contribution in [1.29, 1.82) is 0 Å². The molecule has 7 nitrogen and oxygen atoms in total. The quantitative estimate of drug-likeness (QED) is 0.481. The van der Waals surface area contributed by atoms with E-state index in [-0.39, 0.29) is 23.0 Å². The third-order valence-corrected chi connectivity index (χ3v) is 7.53. The van der Waals surface area contributed by atoms with Gasteiger partial charge in [-0.2, -0.15) is 4.99 Å². The number of hydrogen-bond acceptors (Lipinski definition) is 6. The monoisotopic (exact) mass is 460 g/mol. The van der Waals surface area contributed by atoms with Crippen LogP contribution in [0.1, 0.15) is 12.5 Å². The molecular formula is C22H24N2O5S2. The number of hydrogen-bond donors (Lipinski definition) is 0. The SMILES string of the molecule is C=CCn1c(=NC(=O)Cc2ccc(S(=O)(=O)CC)cc2)sc2cc(OC)c(OC)cc21. The molecule has 0 bridgehead atoms. The summed E-state index contributed by atoms with van der Waals surface area (Å²) < 4.78 is 37.4. The Kier molecular flexibility index (Phi) is 6.97. The van der Waals surface area contributed by atoms with E-state index in [4.69, 9.17) is 9.47 Å². The maximum atomic E-state index is 12.6. The molecule has 9 heteroatoms. The van der Waals surface area contributed by atoms with Gasteiger partial charge in [-0.15, -0.1) is 6.58 Å². The first kappa shape index (κ1) is 22.8. The Bertz CT molecular complexity index is 1290. The summed E-state index contributed by atoms with van der Waals surface area (Å²) in [5, 5.41) is 0. The first-order valence-corrected chi connectivity index (χ1v) is 12.0. The predicted octanol–water partition coefficient (Wildman–Crippen LogP) is 3.37. The third-order valence-electron chi connectivity index (χ3n) is 4.74. The van der Waals surface area contributed by atoms with Gasteiger partial charge in [0.25, 0.3) is 5.91 Å². The maximum absolute atomic E-state index is 12.6. The van der Waals surface area contributed by atoms with Crippen LogP contribution in [0.5, 0.6) is 11.5 Å². The number of allylic oxidation sites excluding steroid dienone is 1. The van der Waals surface area contributed by atoms with E-state index in [1.807, 2.05) is 16.7 Å². The van der Waals surface area contributed by atoms with Crippen molar-refractivity contribution in [3.8, 4) is 11.5 Å². The van der Waals surface area contributed by atoms with Crippen LogP contribution < -0.4 is 14.3 Å². The Morgan fingerprint density at radius 1 is 1.16 bits per heavy atom. The van der Waals surface area contributed by atoms with Crippen LogP contribution in [0.25, 0.3) is 10.2 Å². The van der Waals surface area contributed by atoms with Crippen molar-refractivity contribution in [2.75, 3.05) is 20.0 Å². The summed E-state index contributed by atoms with van der Waals surface area (Å²) >= 11 is 1.37. The second-order valence-corrected chi connectivity index (χ2v) is 9.98. The van der Waals surface area contributed by atoms with Gasteiger partial charge in [-0.1, -0.05) is 36.5 Å². The number of nitrogens with zero attached hydrogens (tertiary/aromatic N) is 2. The molecule has 0 fully saturated rings. The maximum Gasteiger partial charge on any atom is 0.252 e. The molecule has 0 unspecified atom stereocenters. The Morgan fingerprint density at radius 2 is 1.81 bits per heavy atom. The lowest BCUT2D eigenvalue weighted by molar-refractivity contribution is -0.117. The molecule has 0 aliphatic carbocycles. The highest BCUT2D eigenvalue weighted by Crippen LogP contribution is 2.33. The minimum Gasteiger partial charge on any atom is -0.493 e. The fraction of sp³-hybridized carbons (Fsp3) is 0.273. The Morgan fingerprint density at radius 3 is 2.39 bits per heavy atom. The fourth-order valence-electron chi connectivity index (χ4n) is 3.09. The molecule has 2 aromatic carbocycles. The number of thiazole rings is 1. The molecule has 1 amide bonds.